The van der Waals surface area contributed by atoms with E-state index in [-0.39, 0.29) is 27.2 Å². The second-order valence-electron chi connectivity index (χ2n) is 10.6. The molecule has 1 aliphatic carbocycles. The van der Waals surface area contributed by atoms with Crippen LogP contribution in [0.2, 0.25) is 0 Å². The molecule has 0 radical (unpaired) electrons. The van der Waals surface area contributed by atoms with Gasteiger partial charge in [-0.15, -0.1) is 0 Å². The first-order chi connectivity index (χ1) is 15.6. The minimum atomic E-state index is -0.930. The van der Waals surface area contributed by atoms with Crippen molar-refractivity contribution in [2.24, 2.45) is 0 Å². The number of hydrogen-bond acceptors (Lipinski definition) is 5. The van der Waals surface area contributed by atoms with Gasteiger partial charge in [0.2, 0.25) is 11.7 Å². The molecule has 1 unspecified atom stereocenters. The van der Waals surface area contributed by atoms with Crippen LogP contribution in [-0.4, -0.2) is 29.6 Å². The maximum atomic E-state index is 11.9. The number of rotatable bonds is 4. The van der Waals surface area contributed by atoms with Crippen LogP contribution < -0.4 is 5.32 Å². The number of thioether (sulfide) groups is 1. The second-order valence-corrected chi connectivity index (χ2v) is 11.8. The van der Waals surface area contributed by atoms with Gasteiger partial charge in [-0.25, -0.2) is 0 Å². The van der Waals surface area contributed by atoms with Crippen LogP contribution in [0.15, 0.2) is 42.5 Å². The topological polar surface area (TPSA) is 64.6 Å². The highest BCUT2D eigenvalue weighted by Crippen LogP contribution is 2.48. The van der Waals surface area contributed by atoms with Crippen LogP contribution >= 0.6 is 11.8 Å². The number of carbonyl (C=O) groups is 2. The number of imide groups is 1. The molecule has 5 rings (SSSR count). The molecule has 1 N–H and O–H groups in total. The fourth-order valence-corrected chi connectivity index (χ4v) is 6.17. The van der Waals surface area contributed by atoms with Gasteiger partial charge in [0.15, 0.2) is 0 Å². The summed E-state index contributed by atoms with van der Waals surface area (Å²) in [4.78, 5) is 23.4. The van der Waals surface area contributed by atoms with E-state index in [9.17, 15) is 9.59 Å². The molecular weight excluding hydrogens is 434 g/mol. The molecule has 2 fully saturated rings. The summed E-state index contributed by atoms with van der Waals surface area (Å²) in [6.45, 7) is 10.4. The molecule has 3 aliphatic rings. The van der Waals surface area contributed by atoms with Gasteiger partial charge in [-0.2, -0.15) is 0 Å². The van der Waals surface area contributed by atoms with Crippen molar-refractivity contribution < 1.29 is 19.1 Å². The highest BCUT2D eigenvalue weighted by Gasteiger charge is 2.44. The quantitative estimate of drug-likeness (QED) is 0.674. The Bertz CT molecular complexity index is 1100. The smallest absolute Gasteiger partial charge is 0.286 e. The Morgan fingerprint density at radius 1 is 0.879 bits per heavy atom. The Morgan fingerprint density at radius 3 is 2.09 bits per heavy atom. The molecule has 2 aromatic rings. The number of benzene rings is 2. The molecule has 2 aliphatic heterocycles. The normalized spacial score (nSPS) is 25.0. The first-order valence-corrected chi connectivity index (χ1v) is 12.5. The minimum Gasteiger partial charge on any atom is -0.340 e. The number of carbonyl (C=O) groups excluding carboxylic acids is 2. The Balaban J connectivity index is 1.49. The van der Waals surface area contributed by atoms with Gasteiger partial charge >= 0.3 is 0 Å². The second kappa shape index (κ2) is 7.97. The monoisotopic (exact) mass is 465 g/mol. The predicted octanol–water partition coefficient (Wildman–Crippen LogP) is 5.18. The summed E-state index contributed by atoms with van der Waals surface area (Å²) >= 11 is 1.06. The summed E-state index contributed by atoms with van der Waals surface area (Å²) in [5, 5.41) is 1.71. The largest absolute Gasteiger partial charge is 0.340 e. The lowest BCUT2D eigenvalue weighted by atomic mass is 9.62. The van der Waals surface area contributed by atoms with Crippen molar-refractivity contribution in [3.63, 3.8) is 0 Å². The van der Waals surface area contributed by atoms with Crippen LogP contribution in [0.4, 0.5) is 4.79 Å². The van der Waals surface area contributed by atoms with E-state index in [0.717, 1.165) is 34.9 Å². The summed E-state index contributed by atoms with van der Waals surface area (Å²) in [6.07, 6.45) is 2.84. The van der Waals surface area contributed by atoms with Crippen LogP contribution in [0, 0.1) is 0 Å². The van der Waals surface area contributed by atoms with Gasteiger partial charge < -0.3 is 9.47 Å². The lowest BCUT2D eigenvalue weighted by molar-refractivity contribution is -0.130. The summed E-state index contributed by atoms with van der Waals surface area (Å²) in [6, 6.07) is 14.8. The van der Waals surface area contributed by atoms with Crippen molar-refractivity contribution in [2.45, 2.75) is 68.8 Å². The zero-order valence-electron chi connectivity index (χ0n) is 19.7. The third-order valence-electron chi connectivity index (χ3n) is 7.45. The van der Waals surface area contributed by atoms with Crippen molar-refractivity contribution >= 4 is 22.9 Å². The molecule has 0 saturated carbocycles. The molecule has 2 heterocycles. The molecule has 33 heavy (non-hydrogen) atoms. The van der Waals surface area contributed by atoms with Crippen LogP contribution in [0.5, 0.6) is 0 Å². The van der Waals surface area contributed by atoms with Gasteiger partial charge in [0.05, 0.1) is 18.5 Å². The first kappa shape index (κ1) is 22.6. The van der Waals surface area contributed by atoms with Crippen molar-refractivity contribution in [3.05, 3.63) is 70.3 Å². The summed E-state index contributed by atoms with van der Waals surface area (Å²) in [5.41, 5.74) is 6.00. The van der Waals surface area contributed by atoms with Crippen LogP contribution in [-0.2, 0) is 37.3 Å². The SMILES string of the molecule is CC1(C)CCC(C)(C)c2cc(C3(c4ccc(CC5SC(=O)NC5=O)cc4)OCCO3)ccc21. The molecule has 5 nitrogen and oxygen atoms in total. The molecule has 2 aromatic carbocycles. The highest BCUT2D eigenvalue weighted by atomic mass is 32.2. The van der Waals surface area contributed by atoms with Gasteiger partial charge in [-0.05, 0) is 52.8 Å². The average Bonchev–Trinajstić information content (AvgIpc) is 3.39. The van der Waals surface area contributed by atoms with Crippen molar-refractivity contribution in [2.75, 3.05) is 13.2 Å². The summed E-state index contributed by atoms with van der Waals surface area (Å²) in [5.74, 6) is -1.15. The van der Waals surface area contributed by atoms with Gasteiger partial charge in [-0.1, -0.05) is 75.9 Å². The number of nitrogens with one attached hydrogen (secondary N) is 1. The van der Waals surface area contributed by atoms with E-state index in [0.29, 0.717) is 19.6 Å². The molecule has 2 saturated heterocycles. The highest BCUT2D eigenvalue weighted by molar-refractivity contribution is 8.15. The lowest BCUT2D eigenvalue weighted by Crippen LogP contribution is -2.35. The van der Waals surface area contributed by atoms with Crippen molar-refractivity contribution in [3.8, 4) is 0 Å². The van der Waals surface area contributed by atoms with Crippen LogP contribution in [0.3, 0.4) is 0 Å². The Hall–Kier alpha value is -2.15. The molecule has 0 aromatic heterocycles. The molecule has 174 valence electrons. The third-order valence-corrected chi connectivity index (χ3v) is 8.43. The third kappa shape index (κ3) is 3.92. The van der Waals surface area contributed by atoms with E-state index in [2.05, 4.69) is 51.2 Å². The maximum absolute atomic E-state index is 11.9. The first-order valence-electron chi connectivity index (χ1n) is 11.7. The van der Waals surface area contributed by atoms with Gasteiger partial charge in [0, 0.05) is 11.1 Å². The van der Waals surface area contributed by atoms with E-state index < -0.39 is 5.79 Å². The predicted molar refractivity (Wildman–Crippen MR) is 129 cm³/mol. The molecule has 2 amide bonds. The van der Waals surface area contributed by atoms with Gasteiger partial charge in [-0.3, -0.25) is 14.9 Å². The van der Waals surface area contributed by atoms with Gasteiger partial charge in [0.1, 0.15) is 0 Å². The Morgan fingerprint density at radius 2 is 1.48 bits per heavy atom. The Kier molecular flexibility index (Phi) is 5.46. The fraction of sp³-hybridized carbons (Fsp3) is 0.481. The minimum absolute atomic E-state index is 0.0987. The van der Waals surface area contributed by atoms with Crippen LogP contribution in [0.1, 0.15) is 68.4 Å². The number of ether oxygens (including phenoxy) is 2. The van der Waals surface area contributed by atoms with Crippen molar-refractivity contribution in [1.29, 1.82) is 0 Å². The standard InChI is InChI=1S/C27H31NO4S/c1-25(2)11-12-26(3,4)21-16-19(9-10-20(21)25)27(31-13-14-32-27)18-7-5-17(6-8-18)15-22-23(29)28-24(30)33-22/h5-10,16,22H,11-15H2,1-4H3,(H,28,29,30). The number of amides is 2. The summed E-state index contributed by atoms with van der Waals surface area (Å²) in [7, 11) is 0. The van der Waals surface area contributed by atoms with E-state index in [1.54, 1.807) is 0 Å². The van der Waals surface area contributed by atoms with E-state index >= 15 is 0 Å². The average molecular weight is 466 g/mol. The van der Waals surface area contributed by atoms with E-state index in [1.165, 1.54) is 17.5 Å². The maximum Gasteiger partial charge on any atom is 0.286 e. The summed E-state index contributed by atoms with van der Waals surface area (Å²) < 4.78 is 12.6. The van der Waals surface area contributed by atoms with E-state index in [1.807, 2.05) is 24.3 Å². The van der Waals surface area contributed by atoms with Crippen molar-refractivity contribution in [1.82, 2.24) is 5.32 Å². The van der Waals surface area contributed by atoms with E-state index in [4.69, 9.17) is 9.47 Å². The molecular formula is C27H31NO4S. The zero-order valence-corrected chi connectivity index (χ0v) is 20.5. The lowest BCUT2D eigenvalue weighted by Gasteiger charge is -2.42. The van der Waals surface area contributed by atoms with Gasteiger partial charge in [0.25, 0.3) is 5.24 Å². The van der Waals surface area contributed by atoms with Crippen LogP contribution in [0.25, 0.3) is 0 Å². The molecule has 0 spiro atoms. The number of hydrogen-bond donors (Lipinski definition) is 1. The molecule has 1 atom stereocenters. The Labute approximate surface area is 199 Å². The molecule has 6 heteroatoms. The molecule has 0 bridgehead atoms. The fourth-order valence-electron chi connectivity index (χ4n) is 5.31. The number of fused-ring (bicyclic) bond motifs is 1. The zero-order chi connectivity index (χ0) is 23.4.